The molecule has 2 aromatic heterocycles. The molecule has 1 saturated heterocycles. The van der Waals surface area contributed by atoms with Gasteiger partial charge in [0.25, 0.3) is 5.91 Å². The number of aromatic nitrogens is 2. The maximum absolute atomic E-state index is 12.6. The third kappa shape index (κ3) is 2.84. The first-order chi connectivity index (χ1) is 11.8. The number of amides is 1. The molecule has 1 saturated carbocycles. The molecule has 2 fully saturated rings. The van der Waals surface area contributed by atoms with Gasteiger partial charge in [-0.3, -0.25) is 9.78 Å². The van der Waals surface area contributed by atoms with Crippen molar-refractivity contribution in [1.29, 1.82) is 0 Å². The van der Waals surface area contributed by atoms with E-state index < -0.39 is 0 Å². The zero-order valence-corrected chi connectivity index (χ0v) is 13.8. The van der Waals surface area contributed by atoms with Crippen LogP contribution in [-0.2, 0) is 11.3 Å². The Kier molecular flexibility index (Phi) is 4.10. The first-order valence-electron chi connectivity index (χ1n) is 8.67. The highest BCUT2D eigenvalue weighted by molar-refractivity contribution is 5.94. The van der Waals surface area contributed by atoms with E-state index in [4.69, 9.17) is 4.74 Å². The number of fused-ring (bicyclic) bond motifs is 1. The first-order valence-corrected chi connectivity index (χ1v) is 8.67. The molecule has 3 heterocycles. The molecule has 0 aromatic carbocycles. The number of carbonyl (C=O) groups is 1. The molecule has 5 nitrogen and oxygen atoms in total. The van der Waals surface area contributed by atoms with Gasteiger partial charge in [0.15, 0.2) is 0 Å². The van der Waals surface area contributed by atoms with E-state index in [2.05, 4.69) is 9.97 Å². The zero-order valence-electron chi connectivity index (χ0n) is 13.8. The quantitative estimate of drug-likeness (QED) is 0.919. The zero-order chi connectivity index (χ0) is 16.4. The molecular weight excluding hydrogens is 302 g/mol. The largest absolute Gasteiger partial charge is 0.375 e. The average molecular weight is 325 g/mol. The van der Waals surface area contributed by atoms with Gasteiger partial charge in [0.2, 0.25) is 0 Å². The predicted octanol–water partition coefficient (Wildman–Crippen LogP) is 2.87. The van der Waals surface area contributed by atoms with Gasteiger partial charge in [-0.1, -0.05) is 12.5 Å². The van der Waals surface area contributed by atoms with Gasteiger partial charge in [0.05, 0.1) is 24.5 Å². The van der Waals surface area contributed by atoms with Crippen LogP contribution in [0.15, 0.2) is 42.9 Å². The van der Waals surface area contributed by atoms with Gasteiger partial charge in [-0.2, -0.15) is 0 Å². The molecule has 0 bridgehead atoms. The maximum atomic E-state index is 12.6. The van der Waals surface area contributed by atoms with Crippen molar-refractivity contribution in [3.05, 3.63) is 54.1 Å². The summed E-state index contributed by atoms with van der Waals surface area (Å²) in [6, 6.07) is 7.73. The second-order valence-corrected chi connectivity index (χ2v) is 7.05. The summed E-state index contributed by atoms with van der Waals surface area (Å²) in [5.74, 6) is 0.693. The highest BCUT2D eigenvalue weighted by Crippen LogP contribution is 2.49. The molecule has 5 heteroatoms. The van der Waals surface area contributed by atoms with Crippen molar-refractivity contribution in [2.45, 2.75) is 25.9 Å². The lowest BCUT2D eigenvalue weighted by molar-refractivity contribution is 0.0252. The summed E-state index contributed by atoms with van der Waals surface area (Å²) in [7, 11) is 0. The molecule has 2 aliphatic rings. The number of H-pyrrole nitrogens is 1. The first kappa shape index (κ1) is 15.4. The van der Waals surface area contributed by atoms with E-state index >= 15 is 0 Å². The van der Waals surface area contributed by atoms with Gasteiger partial charge < -0.3 is 14.6 Å². The molecule has 1 N–H and O–H groups in total. The average Bonchev–Trinajstić information content (AvgIpc) is 3.31. The molecule has 24 heavy (non-hydrogen) atoms. The number of aromatic amines is 1. The van der Waals surface area contributed by atoms with Gasteiger partial charge in [-0.15, -0.1) is 0 Å². The molecule has 1 aliphatic carbocycles. The number of nitrogens with zero attached hydrogens (tertiary/aromatic N) is 2. The van der Waals surface area contributed by atoms with Crippen molar-refractivity contribution in [2.24, 2.45) is 11.3 Å². The van der Waals surface area contributed by atoms with Crippen LogP contribution in [0.3, 0.4) is 0 Å². The smallest absolute Gasteiger partial charge is 0.255 e. The second kappa shape index (κ2) is 6.40. The summed E-state index contributed by atoms with van der Waals surface area (Å²) in [5, 5.41) is 0. The van der Waals surface area contributed by atoms with Gasteiger partial charge in [-0.25, -0.2) is 0 Å². The highest BCUT2D eigenvalue weighted by Gasteiger charge is 2.50. The molecule has 0 spiro atoms. The van der Waals surface area contributed by atoms with Crippen LogP contribution in [0, 0.1) is 11.3 Å². The topological polar surface area (TPSA) is 58.2 Å². The molecule has 0 unspecified atom stereocenters. The van der Waals surface area contributed by atoms with Crippen molar-refractivity contribution < 1.29 is 9.53 Å². The van der Waals surface area contributed by atoms with Crippen LogP contribution in [0.25, 0.3) is 0 Å². The fourth-order valence-electron chi connectivity index (χ4n) is 4.29. The van der Waals surface area contributed by atoms with Crippen molar-refractivity contribution in [3.63, 3.8) is 0 Å². The molecule has 0 radical (unpaired) electrons. The summed E-state index contributed by atoms with van der Waals surface area (Å²) >= 11 is 0. The van der Waals surface area contributed by atoms with Crippen molar-refractivity contribution in [2.75, 3.05) is 19.7 Å². The molecule has 1 amide bonds. The molecule has 2 aromatic rings. The number of hydrogen-bond donors (Lipinski definition) is 1. The Morgan fingerprint density at radius 2 is 2.38 bits per heavy atom. The van der Waals surface area contributed by atoms with Crippen LogP contribution < -0.4 is 0 Å². The van der Waals surface area contributed by atoms with Gasteiger partial charge in [-0.05, 0) is 37.0 Å². The maximum Gasteiger partial charge on any atom is 0.255 e. The minimum absolute atomic E-state index is 0.126. The van der Waals surface area contributed by atoms with Crippen LogP contribution in [0.5, 0.6) is 0 Å². The van der Waals surface area contributed by atoms with Gasteiger partial charge >= 0.3 is 0 Å². The summed E-state index contributed by atoms with van der Waals surface area (Å²) in [6.07, 6.45) is 8.96. The van der Waals surface area contributed by atoms with E-state index in [1.54, 1.807) is 18.6 Å². The van der Waals surface area contributed by atoms with Crippen molar-refractivity contribution >= 4 is 5.91 Å². The number of ether oxygens (including phenoxy) is 1. The van der Waals surface area contributed by atoms with Crippen LogP contribution in [-0.4, -0.2) is 40.5 Å². The standard InChI is InChI=1S/C19H23N3O2/c23-18(15-6-9-20-10-15)22-11-16-4-3-7-19(16,13-22)14-24-12-17-5-1-2-8-21-17/h1-2,5-6,8-10,16,20H,3-4,7,11-14H2/t16-,19+/m1/s1. The molecule has 2 atom stereocenters. The summed E-state index contributed by atoms with van der Waals surface area (Å²) < 4.78 is 6.02. The summed E-state index contributed by atoms with van der Waals surface area (Å²) in [6.45, 7) is 2.92. The highest BCUT2D eigenvalue weighted by atomic mass is 16.5. The lowest BCUT2D eigenvalue weighted by atomic mass is 9.81. The fraction of sp³-hybridized carbons (Fsp3) is 0.474. The fourth-order valence-corrected chi connectivity index (χ4v) is 4.29. The minimum atomic E-state index is 0.126. The normalized spacial score (nSPS) is 25.8. The SMILES string of the molecule is O=C(c1cc[nH]c1)N1C[C@H]2CCC[C@@]2(COCc2ccccn2)C1. The van der Waals surface area contributed by atoms with Crippen molar-refractivity contribution in [3.8, 4) is 0 Å². The minimum Gasteiger partial charge on any atom is -0.375 e. The third-order valence-corrected chi connectivity index (χ3v) is 5.54. The molecular formula is C19H23N3O2. The summed E-state index contributed by atoms with van der Waals surface area (Å²) in [4.78, 5) is 21.9. The Hall–Kier alpha value is -2.14. The van der Waals surface area contributed by atoms with E-state index in [0.29, 0.717) is 19.1 Å². The van der Waals surface area contributed by atoms with Crippen LogP contribution >= 0.6 is 0 Å². The monoisotopic (exact) mass is 325 g/mol. The lowest BCUT2D eigenvalue weighted by Gasteiger charge is -2.28. The summed E-state index contributed by atoms with van der Waals surface area (Å²) in [5.41, 5.74) is 1.84. The Morgan fingerprint density at radius 3 is 3.17 bits per heavy atom. The second-order valence-electron chi connectivity index (χ2n) is 7.05. The van der Waals surface area contributed by atoms with E-state index in [-0.39, 0.29) is 11.3 Å². The van der Waals surface area contributed by atoms with E-state index in [0.717, 1.165) is 30.8 Å². The number of nitrogens with one attached hydrogen (secondary N) is 1. The molecule has 4 rings (SSSR count). The van der Waals surface area contributed by atoms with Gasteiger partial charge in [0, 0.05) is 37.1 Å². The van der Waals surface area contributed by atoms with Crippen LogP contribution in [0.4, 0.5) is 0 Å². The molecule has 126 valence electrons. The molecule has 1 aliphatic heterocycles. The number of rotatable bonds is 5. The predicted molar refractivity (Wildman–Crippen MR) is 90.4 cm³/mol. The number of pyridine rings is 1. The lowest BCUT2D eigenvalue weighted by Crippen LogP contribution is -2.34. The van der Waals surface area contributed by atoms with Crippen molar-refractivity contribution in [1.82, 2.24) is 14.9 Å². The third-order valence-electron chi connectivity index (χ3n) is 5.54. The van der Waals surface area contributed by atoms with E-state index in [1.165, 1.54) is 12.8 Å². The number of hydrogen-bond acceptors (Lipinski definition) is 3. The Morgan fingerprint density at radius 1 is 1.42 bits per heavy atom. The number of likely N-dealkylation sites (tertiary alicyclic amines) is 1. The van der Waals surface area contributed by atoms with Crippen LogP contribution in [0.1, 0.15) is 35.3 Å². The van der Waals surface area contributed by atoms with E-state index in [1.807, 2.05) is 29.2 Å². The van der Waals surface area contributed by atoms with E-state index in [9.17, 15) is 4.79 Å². The number of carbonyl (C=O) groups excluding carboxylic acids is 1. The van der Waals surface area contributed by atoms with Gasteiger partial charge in [0.1, 0.15) is 0 Å². The Bertz CT molecular complexity index is 686. The Labute approximate surface area is 142 Å². The Balaban J connectivity index is 1.40. The van der Waals surface area contributed by atoms with Crippen LogP contribution in [0.2, 0.25) is 0 Å².